The Labute approximate surface area is 116 Å². The van der Waals surface area contributed by atoms with Gasteiger partial charge in [0.05, 0.1) is 10.5 Å². The zero-order valence-corrected chi connectivity index (χ0v) is 10.6. The summed E-state index contributed by atoms with van der Waals surface area (Å²) in [7, 11) is 0. The highest BCUT2D eigenvalue weighted by Gasteiger charge is 2.13. The number of rotatable bonds is 1. The van der Waals surface area contributed by atoms with Crippen molar-refractivity contribution in [2.24, 2.45) is 0 Å². The second kappa shape index (κ2) is 4.68. The van der Waals surface area contributed by atoms with Crippen molar-refractivity contribution < 1.29 is 13.2 Å². The molecular formula is C14H6ClF2NO2. The van der Waals surface area contributed by atoms with E-state index in [0.717, 1.165) is 12.1 Å². The van der Waals surface area contributed by atoms with Gasteiger partial charge in [0.15, 0.2) is 0 Å². The second-order valence-electron chi connectivity index (χ2n) is 4.07. The quantitative estimate of drug-likeness (QED) is 0.685. The zero-order valence-electron chi connectivity index (χ0n) is 9.86. The molecular weight excluding hydrogens is 288 g/mol. The molecule has 0 bridgehead atoms. The predicted molar refractivity (Wildman–Crippen MR) is 70.6 cm³/mol. The average molecular weight is 294 g/mol. The maximum absolute atomic E-state index is 13.5. The average Bonchev–Trinajstić information content (AvgIpc) is 2.41. The van der Waals surface area contributed by atoms with Crippen molar-refractivity contribution in [1.29, 1.82) is 0 Å². The summed E-state index contributed by atoms with van der Waals surface area (Å²) in [5, 5.41) is -0.337. The fourth-order valence-electron chi connectivity index (χ4n) is 1.83. The normalized spacial score (nSPS) is 10.9. The van der Waals surface area contributed by atoms with Crippen LogP contribution in [-0.4, -0.2) is 4.98 Å². The van der Waals surface area contributed by atoms with E-state index in [2.05, 4.69) is 4.98 Å². The Morgan fingerprint density at radius 2 is 1.90 bits per heavy atom. The summed E-state index contributed by atoms with van der Waals surface area (Å²) in [5.74, 6) is -1.34. The van der Waals surface area contributed by atoms with E-state index in [1.807, 2.05) is 0 Å². The minimum Gasteiger partial charge on any atom is -0.403 e. The molecule has 2 aromatic carbocycles. The molecule has 0 saturated heterocycles. The van der Waals surface area contributed by atoms with Crippen molar-refractivity contribution in [2.45, 2.75) is 0 Å². The lowest BCUT2D eigenvalue weighted by molar-refractivity contribution is 0.513. The Morgan fingerprint density at radius 3 is 2.65 bits per heavy atom. The van der Waals surface area contributed by atoms with Gasteiger partial charge in [0.2, 0.25) is 5.89 Å². The first-order chi connectivity index (χ1) is 9.56. The molecule has 0 aliphatic rings. The highest BCUT2D eigenvalue weighted by atomic mass is 35.5. The fraction of sp³-hybridized carbons (Fsp3) is 0. The first kappa shape index (κ1) is 12.7. The van der Waals surface area contributed by atoms with Crippen LogP contribution in [0.2, 0.25) is 5.02 Å². The Morgan fingerprint density at radius 1 is 1.10 bits per heavy atom. The second-order valence-corrected chi connectivity index (χ2v) is 4.48. The van der Waals surface area contributed by atoms with Gasteiger partial charge in [-0.1, -0.05) is 17.7 Å². The maximum Gasteiger partial charge on any atom is 0.350 e. The van der Waals surface area contributed by atoms with E-state index in [1.54, 1.807) is 0 Å². The number of fused-ring (bicyclic) bond motifs is 1. The van der Waals surface area contributed by atoms with Crippen LogP contribution >= 0.6 is 11.6 Å². The number of hydrogen-bond acceptors (Lipinski definition) is 3. The molecule has 0 atom stereocenters. The minimum absolute atomic E-state index is 0.0463. The highest BCUT2D eigenvalue weighted by molar-refractivity contribution is 6.31. The third kappa shape index (κ3) is 2.06. The topological polar surface area (TPSA) is 43.1 Å². The smallest absolute Gasteiger partial charge is 0.350 e. The van der Waals surface area contributed by atoms with Gasteiger partial charge in [0, 0.05) is 5.56 Å². The molecule has 0 saturated carbocycles. The SMILES string of the molecule is O=c1oc(-c2ccc(F)c(Cl)c2)nc2cccc(F)c12. The molecule has 3 nitrogen and oxygen atoms in total. The number of nitrogens with zero attached hydrogens (tertiary/aromatic N) is 1. The summed E-state index contributed by atoms with van der Waals surface area (Å²) in [5.41, 5.74) is -0.347. The molecule has 6 heteroatoms. The molecule has 0 radical (unpaired) electrons. The molecule has 1 aromatic heterocycles. The molecule has 0 unspecified atom stereocenters. The van der Waals surface area contributed by atoms with Gasteiger partial charge in [-0.2, -0.15) is 0 Å². The van der Waals surface area contributed by atoms with Crippen LogP contribution in [0.1, 0.15) is 0 Å². The van der Waals surface area contributed by atoms with Crippen LogP contribution in [0.3, 0.4) is 0 Å². The molecule has 0 N–H and O–H groups in total. The van der Waals surface area contributed by atoms with Crippen molar-refractivity contribution in [1.82, 2.24) is 4.98 Å². The molecule has 0 spiro atoms. The Kier molecular flexibility index (Phi) is 2.99. The van der Waals surface area contributed by atoms with E-state index in [1.165, 1.54) is 24.3 Å². The molecule has 0 aliphatic heterocycles. The maximum atomic E-state index is 13.5. The van der Waals surface area contributed by atoms with Crippen molar-refractivity contribution >= 4 is 22.5 Å². The standard InChI is InChI=1S/C14H6ClF2NO2/c15-8-6-7(4-5-9(8)16)13-18-11-3-1-2-10(17)12(11)14(19)20-13/h1-6H. The lowest BCUT2D eigenvalue weighted by Gasteiger charge is -2.03. The summed E-state index contributed by atoms with van der Waals surface area (Å²) >= 11 is 5.66. The number of halogens is 3. The molecule has 3 rings (SSSR count). The van der Waals surface area contributed by atoms with Crippen LogP contribution in [0.4, 0.5) is 8.78 Å². The van der Waals surface area contributed by atoms with E-state index in [-0.39, 0.29) is 21.8 Å². The van der Waals surface area contributed by atoms with Crippen LogP contribution in [0.15, 0.2) is 45.6 Å². The van der Waals surface area contributed by atoms with Crippen molar-refractivity contribution in [3.8, 4) is 11.5 Å². The van der Waals surface area contributed by atoms with E-state index >= 15 is 0 Å². The van der Waals surface area contributed by atoms with Gasteiger partial charge >= 0.3 is 5.63 Å². The first-order valence-corrected chi connectivity index (χ1v) is 5.99. The van der Waals surface area contributed by atoms with Crippen LogP contribution in [0.5, 0.6) is 0 Å². The third-order valence-electron chi connectivity index (χ3n) is 2.77. The van der Waals surface area contributed by atoms with E-state index in [9.17, 15) is 13.6 Å². The number of aromatic nitrogens is 1. The highest BCUT2D eigenvalue weighted by Crippen LogP contribution is 2.24. The molecule has 0 aliphatic carbocycles. The third-order valence-corrected chi connectivity index (χ3v) is 3.06. The summed E-state index contributed by atoms with van der Waals surface area (Å²) in [6.07, 6.45) is 0. The number of hydrogen-bond donors (Lipinski definition) is 0. The van der Waals surface area contributed by atoms with E-state index in [4.69, 9.17) is 16.0 Å². The summed E-state index contributed by atoms with van der Waals surface area (Å²) in [6, 6.07) is 7.87. The Hall–Kier alpha value is -2.27. The fourth-order valence-corrected chi connectivity index (χ4v) is 2.01. The molecule has 0 amide bonds. The predicted octanol–water partition coefficient (Wildman–Crippen LogP) is 3.79. The van der Waals surface area contributed by atoms with Gasteiger partial charge in [-0.15, -0.1) is 0 Å². The molecule has 1 heterocycles. The van der Waals surface area contributed by atoms with Crippen LogP contribution in [0, 0.1) is 11.6 Å². The van der Waals surface area contributed by atoms with Gasteiger partial charge in [0.1, 0.15) is 17.0 Å². The van der Waals surface area contributed by atoms with Gasteiger partial charge in [-0.3, -0.25) is 0 Å². The molecule has 3 aromatic rings. The lowest BCUT2D eigenvalue weighted by atomic mass is 10.2. The summed E-state index contributed by atoms with van der Waals surface area (Å²) in [6.45, 7) is 0. The van der Waals surface area contributed by atoms with Crippen LogP contribution < -0.4 is 5.63 Å². The van der Waals surface area contributed by atoms with Crippen LogP contribution in [-0.2, 0) is 0 Å². The monoisotopic (exact) mass is 293 g/mol. The van der Waals surface area contributed by atoms with Gasteiger partial charge in [-0.05, 0) is 30.3 Å². The Bertz CT molecular complexity index is 877. The largest absolute Gasteiger partial charge is 0.403 e. The van der Waals surface area contributed by atoms with E-state index in [0.29, 0.717) is 5.56 Å². The van der Waals surface area contributed by atoms with Gasteiger partial charge < -0.3 is 4.42 Å². The minimum atomic E-state index is -0.844. The summed E-state index contributed by atoms with van der Waals surface area (Å²) < 4.78 is 31.6. The molecule has 20 heavy (non-hydrogen) atoms. The first-order valence-electron chi connectivity index (χ1n) is 5.61. The van der Waals surface area contributed by atoms with Gasteiger partial charge in [0.25, 0.3) is 0 Å². The zero-order chi connectivity index (χ0) is 14.3. The van der Waals surface area contributed by atoms with Crippen molar-refractivity contribution in [2.75, 3.05) is 0 Å². The summed E-state index contributed by atoms with van der Waals surface area (Å²) in [4.78, 5) is 15.8. The lowest BCUT2D eigenvalue weighted by Crippen LogP contribution is -2.05. The van der Waals surface area contributed by atoms with Crippen molar-refractivity contribution in [3.63, 3.8) is 0 Å². The van der Waals surface area contributed by atoms with Crippen molar-refractivity contribution in [3.05, 3.63) is 63.5 Å². The molecule has 100 valence electrons. The number of benzene rings is 2. The van der Waals surface area contributed by atoms with E-state index < -0.39 is 17.3 Å². The Balaban J connectivity index is 2.27. The van der Waals surface area contributed by atoms with Crippen LogP contribution in [0.25, 0.3) is 22.4 Å². The van der Waals surface area contributed by atoms with Gasteiger partial charge in [-0.25, -0.2) is 18.6 Å². The molecule has 0 fully saturated rings.